The summed E-state index contributed by atoms with van der Waals surface area (Å²) in [5.41, 5.74) is 0.864. The Balaban J connectivity index is 2.12. The molecule has 1 N–H and O–H groups in total. The van der Waals surface area contributed by atoms with Crippen LogP contribution in [-0.2, 0) is 4.74 Å². The van der Waals surface area contributed by atoms with Crippen LogP contribution in [0, 0.1) is 12.8 Å². The molecule has 1 aliphatic heterocycles. The molecule has 2 atom stereocenters. The Hall–Kier alpha value is -0.710. The SMILES string of the molecule is CCNC1COCC1C(=O)c1ccsc1C. The van der Waals surface area contributed by atoms with Crippen molar-refractivity contribution in [2.75, 3.05) is 19.8 Å². The van der Waals surface area contributed by atoms with E-state index in [-0.39, 0.29) is 17.7 Å². The quantitative estimate of drug-likeness (QED) is 0.815. The number of hydrogen-bond acceptors (Lipinski definition) is 4. The van der Waals surface area contributed by atoms with Crippen LogP contribution < -0.4 is 5.32 Å². The van der Waals surface area contributed by atoms with Gasteiger partial charge in [-0.3, -0.25) is 4.79 Å². The Morgan fingerprint density at radius 1 is 1.62 bits per heavy atom. The highest BCUT2D eigenvalue weighted by molar-refractivity contribution is 7.10. The van der Waals surface area contributed by atoms with Gasteiger partial charge in [-0.05, 0) is 24.9 Å². The fourth-order valence-corrected chi connectivity index (χ4v) is 2.82. The first-order valence-corrected chi connectivity index (χ1v) is 6.51. The molecule has 2 heterocycles. The Morgan fingerprint density at radius 3 is 3.06 bits per heavy atom. The van der Waals surface area contributed by atoms with Crippen molar-refractivity contribution < 1.29 is 9.53 Å². The summed E-state index contributed by atoms with van der Waals surface area (Å²) < 4.78 is 5.40. The van der Waals surface area contributed by atoms with E-state index in [1.54, 1.807) is 11.3 Å². The van der Waals surface area contributed by atoms with Crippen LogP contribution >= 0.6 is 11.3 Å². The van der Waals surface area contributed by atoms with Crippen molar-refractivity contribution in [2.24, 2.45) is 5.92 Å². The second-order valence-corrected chi connectivity index (χ2v) is 5.18. The van der Waals surface area contributed by atoms with E-state index < -0.39 is 0 Å². The molecule has 0 spiro atoms. The molecule has 1 aromatic heterocycles. The van der Waals surface area contributed by atoms with E-state index in [2.05, 4.69) is 12.2 Å². The third-order valence-corrected chi connectivity index (χ3v) is 3.85. The number of aryl methyl sites for hydroxylation is 1. The average molecular weight is 239 g/mol. The summed E-state index contributed by atoms with van der Waals surface area (Å²) in [5.74, 6) is 0.204. The van der Waals surface area contributed by atoms with E-state index in [1.807, 2.05) is 18.4 Å². The maximum absolute atomic E-state index is 12.3. The number of ketones is 1. The van der Waals surface area contributed by atoms with Gasteiger partial charge in [-0.2, -0.15) is 0 Å². The highest BCUT2D eigenvalue weighted by Gasteiger charge is 2.34. The lowest BCUT2D eigenvalue weighted by Crippen LogP contribution is -2.39. The monoisotopic (exact) mass is 239 g/mol. The fraction of sp³-hybridized carbons (Fsp3) is 0.583. The summed E-state index contributed by atoms with van der Waals surface area (Å²) in [6, 6.07) is 2.10. The van der Waals surface area contributed by atoms with E-state index in [1.165, 1.54) is 0 Å². The van der Waals surface area contributed by atoms with Crippen LogP contribution in [0.5, 0.6) is 0 Å². The van der Waals surface area contributed by atoms with Crippen molar-refractivity contribution in [3.63, 3.8) is 0 Å². The lowest BCUT2D eigenvalue weighted by Gasteiger charge is -2.16. The van der Waals surface area contributed by atoms with Gasteiger partial charge >= 0.3 is 0 Å². The minimum atomic E-state index is -0.0201. The van der Waals surface area contributed by atoms with Gasteiger partial charge in [0, 0.05) is 16.5 Å². The Kier molecular flexibility index (Phi) is 3.74. The molecule has 1 aliphatic rings. The van der Waals surface area contributed by atoms with Crippen molar-refractivity contribution in [3.8, 4) is 0 Å². The van der Waals surface area contributed by atoms with Crippen LogP contribution in [0.25, 0.3) is 0 Å². The summed E-state index contributed by atoms with van der Waals surface area (Å²) in [6.07, 6.45) is 0. The zero-order valence-corrected chi connectivity index (χ0v) is 10.5. The second kappa shape index (κ2) is 5.08. The molecule has 88 valence electrons. The third kappa shape index (κ3) is 2.19. The minimum Gasteiger partial charge on any atom is -0.379 e. The maximum atomic E-state index is 12.3. The van der Waals surface area contributed by atoms with Crippen LogP contribution in [0.2, 0.25) is 0 Å². The van der Waals surface area contributed by atoms with Crippen LogP contribution in [0.4, 0.5) is 0 Å². The molecule has 2 unspecified atom stereocenters. The highest BCUT2D eigenvalue weighted by Crippen LogP contribution is 2.23. The van der Waals surface area contributed by atoms with Crippen molar-refractivity contribution in [2.45, 2.75) is 19.9 Å². The molecule has 0 aromatic carbocycles. The van der Waals surface area contributed by atoms with E-state index >= 15 is 0 Å². The summed E-state index contributed by atoms with van der Waals surface area (Å²) in [4.78, 5) is 13.4. The van der Waals surface area contributed by atoms with Gasteiger partial charge in [0.25, 0.3) is 0 Å². The molecule has 4 heteroatoms. The number of hydrogen-bond donors (Lipinski definition) is 1. The van der Waals surface area contributed by atoms with Crippen LogP contribution in [0.15, 0.2) is 11.4 Å². The number of nitrogens with one attached hydrogen (secondary N) is 1. The minimum absolute atomic E-state index is 0.0201. The lowest BCUT2D eigenvalue weighted by atomic mass is 9.94. The largest absolute Gasteiger partial charge is 0.379 e. The lowest BCUT2D eigenvalue weighted by molar-refractivity contribution is 0.0891. The third-order valence-electron chi connectivity index (χ3n) is 3.01. The molecular formula is C12H17NO2S. The predicted molar refractivity (Wildman–Crippen MR) is 65.2 cm³/mol. The molecule has 0 aliphatic carbocycles. The number of ether oxygens (including phenoxy) is 1. The van der Waals surface area contributed by atoms with Crippen molar-refractivity contribution >= 4 is 17.1 Å². The molecule has 1 aromatic rings. The molecule has 16 heavy (non-hydrogen) atoms. The average Bonchev–Trinajstić information content (AvgIpc) is 2.87. The Morgan fingerprint density at radius 2 is 2.44 bits per heavy atom. The molecular weight excluding hydrogens is 222 g/mol. The molecule has 1 fully saturated rings. The summed E-state index contributed by atoms with van der Waals surface area (Å²) in [6.45, 7) is 6.12. The summed E-state index contributed by atoms with van der Waals surface area (Å²) in [5, 5.41) is 5.29. The molecule has 0 amide bonds. The number of thiophene rings is 1. The van der Waals surface area contributed by atoms with Gasteiger partial charge in [0.05, 0.1) is 19.1 Å². The smallest absolute Gasteiger partial charge is 0.171 e. The number of likely N-dealkylation sites (N-methyl/N-ethyl adjacent to an activating group) is 1. The molecule has 2 rings (SSSR count). The number of carbonyl (C=O) groups excluding carboxylic acids is 1. The van der Waals surface area contributed by atoms with Crippen LogP contribution in [0.3, 0.4) is 0 Å². The van der Waals surface area contributed by atoms with E-state index in [0.29, 0.717) is 13.2 Å². The Bertz CT molecular complexity index is 375. The van der Waals surface area contributed by atoms with Gasteiger partial charge in [-0.25, -0.2) is 0 Å². The zero-order chi connectivity index (χ0) is 11.5. The number of Topliss-reactive ketones (excluding diaryl/α,β-unsaturated/α-hetero) is 1. The second-order valence-electron chi connectivity index (χ2n) is 4.06. The van der Waals surface area contributed by atoms with Gasteiger partial charge in [0.15, 0.2) is 5.78 Å². The highest BCUT2D eigenvalue weighted by atomic mass is 32.1. The zero-order valence-electron chi connectivity index (χ0n) is 9.66. The molecule has 1 saturated heterocycles. The van der Waals surface area contributed by atoms with Gasteiger partial charge in [0.2, 0.25) is 0 Å². The predicted octanol–water partition coefficient (Wildman–Crippen LogP) is 1.86. The standard InChI is InChI=1S/C12H17NO2S/c1-3-13-11-7-15-6-10(11)12(14)9-4-5-16-8(9)2/h4-5,10-11,13H,3,6-7H2,1-2H3. The summed E-state index contributed by atoms with van der Waals surface area (Å²) >= 11 is 1.62. The van der Waals surface area contributed by atoms with Gasteiger partial charge < -0.3 is 10.1 Å². The molecule has 0 saturated carbocycles. The normalized spacial score (nSPS) is 24.9. The molecule has 0 radical (unpaired) electrons. The van der Waals surface area contributed by atoms with Gasteiger partial charge in [-0.15, -0.1) is 11.3 Å². The van der Waals surface area contributed by atoms with E-state index in [9.17, 15) is 4.79 Å². The van der Waals surface area contributed by atoms with E-state index in [0.717, 1.165) is 17.0 Å². The number of carbonyl (C=O) groups is 1. The van der Waals surface area contributed by atoms with E-state index in [4.69, 9.17) is 4.74 Å². The summed E-state index contributed by atoms with van der Waals surface area (Å²) in [7, 11) is 0. The Labute approximate surface area is 99.8 Å². The van der Waals surface area contributed by atoms with Crippen LogP contribution in [-0.4, -0.2) is 31.6 Å². The van der Waals surface area contributed by atoms with Crippen molar-refractivity contribution in [3.05, 3.63) is 21.9 Å². The topological polar surface area (TPSA) is 38.3 Å². The molecule has 0 bridgehead atoms. The maximum Gasteiger partial charge on any atom is 0.171 e. The first-order valence-electron chi connectivity index (χ1n) is 5.63. The first-order chi connectivity index (χ1) is 7.74. The fourth-order valence-electron chi connectivity index (χ4n) is 2.12. The molecule has 3 nitrogen and oxygen atoms in total. The van der Waals surface area contributed by atoms with Crippen molar-refractivity contribution in [1.29, 1.82) is 0 Å². The van der Waals surface area contributed by atoms with Gasteiger partial charge in [-0.1, -0.05) is 6.92 Å². The number of rotatable bonds is 4. The van der Waals surface area contributed by atoms with Crippen LogP contribution in [0.1, 0.15) is 22.2 Å². The van der Waals surface area contributed by atoms with Gasteiger partial charge in [0.1, 0.15) is 0 Å². The van der Waals surface area contributed by atoms with Crippen molar-refractivity contribution in [1.82, 2.24) is 5.32 Å². The first kappa shape index (κ1) is 11.8.